The lowest BCUT2D eigenvalue weighted by Crippen LogP contribution is -2.19. The van der Waals surface area contributed by atoms with Crippen LogP contribution in [0.15, 0.2) is 35.3 Å². The van der Waals surface area contributed by atoms with Gasteiger partial charge in [0, 0.05) is 30.4 Å². The second kappa shape index (κ2) is 8.88. The number of halogens is 2. The van der Waals surface area contributed by atoms with E-state index in [1.54, 1.807) is 27.0 Å². The summed E-state index contributed by atoms with van der Waals surface area (Å²) < 4.78 is 58.4. The third kappa shape index (κ3) is 5.48. The predicted octanol–water partition coefficient (Wildman–Crippen LogP) is 2.94. The van der Waals surface area contributed by atoms with Crippen molar-refractivity contribution in [2.24, 2.45) is 7.05 Å². The Balaban J connectivity index is 2.10. The summed E-state index contributed by atoms with van der Waals surface area (Å²) in [6.45, 7) is 3.35. The highest BCUT2D eigenvalue weighted by Crippen LogP contribution is 2.25. The van der Waals surface area contributed by atoms with E-state index in [0.717, 1.165) is 12.1 Å². The van der Waals surface area contributed by atoms with Crippen LogP contribution in [-0.4, -0.2) is 33.7 Å². The molecule has 2 heterocycles. The number of benzene rings is 1. The van der Waals surface area contributed by atoms with E-state index < -0.39 is 27.2 Å². The minimum absolute atomic E-state index is 0.0490. The average Bonchev–Trinajstić information content (AvgIpc) is 2.67. The Labute approximate surface area is 177 Å². The number of hydrogen-bond donors (Lipinski definition) is 0. The van der Waals surface area contributed by atoms with Crippen molar-refractivity contribution in [3.63, 3.8) is 0 Å². The van der Waals surface area contributed by atoms with Crippen LogP contribution >= 0.6 is 0 Å². The Hall–Kier alpha value is -3.21. The molecule has 164 valence electrons. The van der Waals surface area contributed by atoms with Gasteiger partial charge in [0.2, 0.25) is 0 Å². The van der Waals surface area contributed by atoms with E-state index in [1.807, 2.05) is 0 Å². The molecule has 0 N–H and O–H groups in total. The largest absolute Gasteiger partial charge is 0.421 e. The maximum absolute atomic E-state index is 14.0. The quantitative estimate of drug-likeness (QED) is 0.545. The molecule has 0 aliphatic carbocycles. The van der Waals surface area contributed by atoms with Crippen LogP contribution in [0.2, 0.25) is 0 Å². The summed E-state index contributed by atoms with van der Waals surface area (Å²) in [5, 5.41) is 0. The van der Waals surface area contributed by atoms with Gasteiger partial charge in [0.25, 0.3) is 5.56 Å². The van der Waals surface area contributed by atoms with Gasteiger partial charge in [-0.15, -0.1) is 0 Å². The fourth-order valence-electron chi connectivity index (χ4n) is 2.87. The van der Waals surface area contributed by atoms with Crippen LogP contribution in [0.25, 0.3) is 11.4 Å². The Morgan fingerprint density at radius 2 is 1.87 bits per heavy atom. The average molecular weight is 450 g/mol. The van der Waals surface area contributed by atoms with Gasteiger partial charge in [0.1, 0.15) is 11.6 Å². The molecular weight excluding hydrogens is 430 g/mol. The highest BCUT2D eigenvalue weighted by atomic mass is 32.2. The van der Waals surface area contributed by atoms with Gasteiger partial charge in [-0.05, 0) is 31.5 Å². The molecule has 11 heteroatoms. The first-order valence-corrected chi connectivity index (χ1v) is 11.2. The van der Waals surface area contributed by atoms with Crippen LogP contribution < -0.4 is 10.3 Å². The molecule has 0 saturated carbocycles. The van der Waals surface area contributed by atoms with E-state index in [0.29, 0.717) is 23.6 Å². The third-order valence-corrected chi connectivity index (χ3v) is 5.97. The van der Waals surface area contributed by atoms with Crippen molar-refractivity contribution in [3.05, 3.63) is 63.8 Å². The van der Waals surface area contributed by atoms with Crippen LogP contribution in [0.3, 0.4) is 0 Å². The molecular formula is C20H20F2N4O4S. The molecule has 0 radical (unpaired) electrons. The number of pyridine rings is 1. The number of hydrogen-bond acceptors (Lipinski definition) is 7. The predicted molar refractivity (Wildman–Crippen MR) is 109 cm³/mol. The summed E-state index contributed by atoms with van der Waals surface area (Å²) in [6.07, 6.45) is 1.90. The lowest BCUT2D eigenvalue weighted by Gasteiger charge is -2.10. The van der Waals surface area contributed by atoms with E-state index in [1.165, 1.54) is 10.8 Å². The Morgan fingerprint density at radius 3 is 2.52 bits per heavy atom. The molecule has 0 saturated heterocycles. The van der Waals surface area contributed by atoms with Crippen LogP contribution in [-0.2, 0) is 22.6 Å². The molecule has 0 amide bonds. The van der Waals surface area contributed by atoms with Crippen molar-refractivity contribution in [2.75, 3.05) is 5.75 Å². The number of rotatable bonds is 7. The fourth-order valence-corrected chi connectivity index (χ4v) is 4.16. The van der Waals surface area contributed by atoms with Gasteiger partial charge in [0.15, 0.2) is 33.1 Å². The minimum Gasteiger partial charge on any atom is -0.421 e. The van der Waals surface area contributed by atoms with Gasteiger partial charge in [0.05, 0.1) is 5.75 Å². The highest BCUT2D eigenvalue weighted by molar-refractivity contribution is 7.90. The van der Waals surface area contributed by atoms with E-state index in [9.17, 15) is 22.0 Å². The van der Waals surface area contributed by atoms with Crippen LogP contribution in [0.4, 0.5) is 8.78 Å². The molecule has 0 unspecified atom stereocenters. The summed E-state index contributed by atoms with van der Waals surface area (Å²) in [6, 6.07) is 3.90. The van der Waals surface area contributed by atoms with Crippen molar-refractivity contribution in [2.45, 2.75) is 26.0 Å². The molecule has 8 nitrogen and oxygen atoms in total. The van der Waals surface area contributed by atoms with Gasteiger partial charge < -0.3 is 9.30 Å². The molecule has 3 aromatic rings. The highest BCUT2D eigenvalue weighted by Gasteiger charge is 2.18. The Bertz CT molecular complexity index is 1270. The third-order valence-electron chi connectivity index (χ3n) is 4.24. The van der Waals surface area contributed by atoms with Crippen molar-refractivity contribution in [1.82, 2.24) is 19.5 Å². The van der Waals surface area contributed by atoms with Crippen molar-refractivity contribution in [3.8, 4) is 23.1 Å². The molecule has 0 fully saturated rings. The zero-order valence-electron chi connectivity index (χ0n) is 17.1. The molecule has 0 aliphatic heterocycles. The summed E-state index contributed by atoms with van der Waals surface area (Å²) >= 11 is 0. The van der Waals surface area contributed by atoms with Crippen LogP contribution in [0, 0.1) is 18.6 Å². The molecule has 2 aromatic heterocycles. The first-order chi connectivity index (χ1) is 14.6. The Morgan fingerprint density at radius 1 is 1.13 bits per heavy atom. The zero-order chi connectivity index (χ0) is 22.8. The second-order valence-corrected chi connectivity index (χ2v) is 9.14. The first kappa shape index (κ1) is 22.5. The second-order valence-electron chi connectivity index (χ2n) is 6.95. The summed E-state index contributed by atoms with van der Waals surface area (Å²) in [5.41, 5.74) is 0.626. The standard InChI is InChI=1S/C20H20F2N4O4S/c1-4-7-31(28,29)11-17-23-18(13-8-12(2)19(27)26(3)10-13)25-20(24-17)30-16-6-5-14(21)9-15(16)22/h5-6,8-10H,4,7,11H2,1-3H3. The number of sulfone groups is 1. The normalized spacial score (nSPS) is 11.5. The van der Waals surface area contributed by atoms with E-state index in [-0.39, 0.29) is 34.7 Å². The molecule has 0 bridgehead atoms. The lowest BCUT2D eigenvalue weighted by molar-refractivity contribution is 0.405. The zero-order valence-corrected chi connectivity index (χ0v) is 17.9. The van der Waals surface area contributed by atoms with E-state index in [4.69, 9.17) is 4.74 Å². The van der Waals surface area contributed by atoms with Gasteiger partial charge in [-0.2, -0.15) is 9.97 Å². The van der Waals surface area contributed by atoms with E-state index in [2.05, 4.69) is 15.0 Å². The Kier molecular flexibility index (Phi) is 6.44. The van der Waals surface area contributed by atoms with Gasteiger partial charge in [-0.1, -0.05) is 6.92 Å². The molecule has 0 spiro atoms. The first-order valence-electron chi connectivity index (χ1n) is 9.34. The monoisotopic (exact) mass is 450 g/mol. The van der Waals surface area contributed by atoms with Gasteiger partial charge >= 0.3 is 6.01 Å². The molecule has 31 heavy (non-hydrogen) atoms. The van der Waals surface area contributed by atoms with Crippen molar-refractivity contribution < 1.29 is 21.9 Å². The lowest BCUT2D eigenvalue weighted by atomic mass is 10.2. The molecule has 3 rings (SSSR count). The summed E-state index contributed by atoms with van der Waals surface area (Å²) in [5.74, 6) is -2.67. The van der Waals surface area contributed by atoms with Crippen LogP contribution in [0.1, 0.15) is 24.7 Å². The topological polar surface area (TPSA) is 104 Å². The maximum atomic E-state index is 14.0. The minimum atomic E-state index is -3.50. The maximum Gasteiger partial charge on any atom is 0.325 e. The molecule has 1 aromatic carbocycles. The fraction of sp³-hybridized carbons (Fsp3) is 0.300. The van der Waals surface area contributed by atoms with Crippen LogP contribution in [0.5, 0.6) is 11.8 Å². The molecule has 0 atom stereocenters. The number of aryl methyl sites for hydroxylation is 2. The summed E-state index contributed by atoms with van der Waals surface area (Å²) in [7, 11) is -1.94. The smallest absolute Gasteiger partial charge is 0.325 e. The van der Waals surface area contributed by atoms with E-state index >= 15 is 0 Å². The van der Waals surface area contributed by atoms with Gasteiger partial charge in [-0.3, -0.25) is 4.79 Å². The molecule has 0 aliphatic rings. The summed E-state index contributed by atoms with van der Waals surface area (Å²) in [4.78, 5) is 24.3. The van der Waals surface area contributed by atoms with Crippen molar-refractivity contribution in [1.29, 1.82) is 0 Å². The van der Waals surface area contributed by atoms with Crippen molar-refractivity contribution >= 4 is 9.84 Å². The SMILES string of the molecule is CCCS(=O)(=O)Cc1nc(Oc2ccc(F)cc2F)nc(-c2cc(C)c(=O)n(C)c2)n1. The van der Waals surface area contributed by atoms with Gasteiger partial charge in [-0.25, -0.2) is 22.2 Å². The number of aromatic nitrogens is 4. The number of ether oxygens (including phenoxy) is 1. The number of nitrogens with zero attached hydrogens (tertiary/aromatic N) is 4.